The van der Waals surface area contributed by atoms with Gasteiger partial charge in [0.25, 0.3) is 5.56 Å². The van der Waals surface area contributed by atoms with Gasteiger partial charge in [0.1, 0.15) is 29.3 Å². The molecule has 0 saturated heterocycles. The molecular weight excluding hydrogens is 577 g/mol. The number of thiazole rings is 1. The van der Waals surface area contributed by atoms with E-state index in [1.54, 1.807) is 15.1 Å². The summed E-state index contributed by atoms with van der Waals surface area (Å²) in [6.07, 6.45) is 1.35. The number of anilines is 1. The lowest BCUT2D eigenvalue weighted by Crippen LogP contribution is -2.21. The standard InChI is InChI=1S/C30H27F2N6O2PS/c1-16-13-42-23-12-20(24(29(39)37(16)23)18-7-5-4-6-8-18)17(2)38-28-25(27(33)34-15-35-28)26(36-38)19-9-10-22(21(31)11-19)40-14-30(3,32)41/h4-13,15,17H,14,41H2,1-3H3,(H2,33,34,35)/t17-,30?/m0/s1. The van der Waals surface area contributed by atoms with Crippen molar-refractivity contribution in [3.05, 3.63) is 93.7 Å². The second-order valence-corrected chi connectivity index (χ2v) is 12.4. The van der Waals surface area contributed by atoms with Crippen LogP contribution in [0.1, 0.15) is 31.1 Å². The van der Waals surface area contributed by atoms with Crippen molar-refractivity contribution < 1.29 is 13.5 Å². The maximum absolute atomic E-state index is 15.1. The van der Waals surface area contributed by atoms with Crippen LogP contribution >= 0.6 is 20.6 Å². The molecule has 0 aliphatic heterocycles. The van der Waals surface area contributed by atoms with Gasteiger partial charge in [-0.1, -0.05) is 39.6 Å². The second kappa shape index (κ2) is 10.6. The molecule has 3 atom stereocenters. The molecular formula is C30H27F2N6O2PS. The van der Waals surface area contributed by atoms with Crippen LogP contribution < -0.4 is 16.0 Å². The molecule has 42 heavy (non-hydrogen) atoms. The molecule has 8 nitrogen and oxygen atoms in total. The fourth-order valence-electron chi connectivity index (χ4n) is 5.03. The fourth-order valence-corrected chi connectivity index (χ4v) is 6.04. The number of aromatic nitrogens is 5. The molecule has 0 fully saturated rings. The number of rotatable bonds is 7. The number of hydrogen-bond donors (Lipinski definition) is 1. The Kier molecular flexibility index (Phi) is 7.03. The summed E-state index contributed by atoms with van der Waals surface area (Å²) in [6.45, 7) is 4.83. The van der Waals surface area contributed by atoms with E-state index in [-0.39, 0.29) is 23.7 Å². The molecule has 6 aromatic rings. The number of benzene rings is 2. The van der Waals surface area contributed by atoms with Gasteiger partial charge in [-0.2, -0.15) is 5.10 Å². The smallest absolute Gasteiger partial charge is 0.264 e. The Labute approximate surface area is 246 Å². The van der Waals surface area contributed by atoms with Crippen LogP contribution in [0.5, 0.6) is 5.75 Å². The van der Waals surface area contributed by atoms with Crippen LogP contribution in [0.25, 0.3) is 38.2 Å². The zero-order chi connectivity index (χ0) is 29.8. The van der Waals surface area contributed by atoms with E-state index < -0.39 is 17.3 Å². The van der Waals surface area contributed by atoms with Gasteiger partial charge in [0.15, 0.2) is 22.6 Å². The lowest BCUT2D eigenvalue weighted by Gasteiger charge is -2.18. The average Bonchev–Trinajstić information content (AvgIpc) is 3.53. The number of nitrogens with zero attached hydrogens (tertiary/aromatic N) is 5. The minimum atomic E-state index is -1.70. The predicted octanol–water partition coefficient (Wildman–Crippen LogP) is 6.41. The highest BCUT2D eigenvalue weighted by Gasteiger charge is 2.26. The zero-order valence-electron chi connectivity index (χ0n) is 23.0. The topological polar surface area (TPSA) is 100 Å². The Morgan fingerprint density at radius 2 is 1.90 bits per heavy atom. The first-order valence-electron chi connectivity index (χ1n) is 13.1. The van der Waals surface area contributed by atoms with Gasteiger partial charge in [-0.3, -0.25) is 9.20 Å². The van der Waals surface area contributed by atoms with Crippen LogP contribution in [0, 0.1) is 12.7 Å². The van der Waals surface area contributed by atoms with E-state index >= 15 is 4.39 Å². The second-order valence-electron chi connectivity index (χ2n) is 10.3. The maximum atomic E-state index is 15.1. The van der Waals surface area contributed by atoms with E-state index in [0.717, 1.165) is 21.7 Å². The van der Waals surface area contributed by atoms with E-state index in [1.807, 2.05) is 64.9 Å². The summed E-state index contributed by atoms with van der Waals surface area (Å²) in [6, 6.07) is 15.3. The van der Waals surface area contributed by atoms with Crippen LogP contribution in [0.2, 0.25) is 0 Å². The SMILES string of the molecule is Cc1csc2cc([C@H](C)n3nc(-c4ccc(OCC(C)(F)P)c(F)c4)c4c(N)ncnc43)c(-c3ccccc3)c(=O)n12. The number of alkyl halides is 1. The summed E-state index contributed by atoms with van der Waals surface area (Å²) in [5.41, 5.74) is 10.3. The molecule has 0 bridgehead atoms. The first kappa shape index (κ1) is 27.9. The van der Waals surface area contributed by atoms with Crippen molar-refractivity contribution in [2.75, 3.05) is 12.3 Å². The maximum Gasteiger partial charge on any atom is 0.264 e. The Balaban J connectivity index is 1.53. The predicted molar refractivity (Wildman–Crippen MR) is 165 cm³/mol. The minimum absolute atomic E-state index is 0.0843. The number of aryl methyl sites for hydroxylation is 1. The van der Waals surface area contributed by atoms with Crippen molar-refractivity contribution in [1.29, 1.82) is 0 Å². The summed E-state index contributed by atoms with van der Waals surface area (Å²) < 4.78 is 37.7. The van der Waals surface area contributed by atoms with Crippen molar-refractivity contribution in [1.82, 2.24) is 24.1 Å². The molecule has 0 radical (unpaired) electrons. The van der Waals surface area contributed by atoms with Crippen molar-refractivity contribution in [2.45, 2.75) is 32.2 Å². The van der Waals surface area contributed by atoms with Gasteiger partial charge < -0.3 is 10.5 Å². The van der Waals surface area contributed by atoms with E-state index in [1.165, 1.54) is 36.7 Å². The third-order valence-electron chi connectivity index (χ3n) is 7.02. The van der Waals surface area contributed by atoms with Crippen LogP contribution in [-0.4, -0.2) is 36.2 Å². The lowest BCUT2D eigenvalue weighted by molar-refractivity contribution is 0.177. The highest BCUT2D eigenvalue weighted by molar-refractivity contribution is 7.18. The highest BCUT2D eigenvalue weighted by atomic mass is 32.1. The molecule has 2 N–H and O–H groups in total. The Morgan fingerprint density at radius 3 is 2.62 bits per heavy atom. The minimum Gasteiger partial charge on any atom is -0.487 e. The third kappa shape index (κ3) is 4.92. The molecule has 12 heteroatoms. The van der Waals surface area contributed by atoms with Crippen molar-refractivity contribution >= 4 is 42.3 Å². The molecule has 4 heterocycles. The van der Waals surface area contributed by atoms with Gasteiger partial charge in [0.2, 0.25) is 0 Å². The molecule has 4 aromatic heterocycles. The van der Waals surface area contributed by atoms with E-state index in [9.17, 15) is 9.18 Å². The van der Waals surface area contributed by atoms with Crippen LogP contribution in [0.15, 0.2) is 71.1 Å². The van der Waals surface area contributed by atoms with Crippen LogP contribution in [-0.2, 0) is 0 Å². The van der Waals surface area contributed by atoms with E-state index in [4.69, 9.17) is 15.6 Å². The molecule has 214 valence electrons. The number of nitrogen functional groups attached to an aromatic ring is 1. The first-order chi connectivity index (χ1) is 20.0. The van der Waals surface area contributed by atoms with Gasteiger partial charge in [-0.15, -0.1) is 11.3 Å². The van der Waals surface area contributed by atoms with E-state index in [0.29, 0.717) is 27.9 Å². The molecule has 6 rings (SSSR count). The summed E-state index contributed by atoms with van der Waals surface area (Å²) >= 11 is 1.48. The van der Waals surface area contributed by atoms with Crippen LogP contribution in [0.3, 0.4) is 0 Å². The number of ether oxygens (including phenoxy) is 1. The summed E-state index contributed by atoms with van der Waals surface area (Å²) in [4.78, 5) is 23.4. The molecule has 2 unspecified atom stereocenters. The van der Waals surface area contributed by atoms with Crippen molar-refractivity contribution in [2.24, 2.45) is 0 Å². The number of hydrogen-bond acceptors (Lipinski definition) is 7. The van der Waals surface area contributed by atoms with Gasteiger partial charge in [-0.25, -0.2) is 23.4 Å². The molecule has 0 aliphatic rings. The molecule has 0 aliphatic carbocycles. The van der Waals surface area contributed by atoms with Crippen LogP contribution in [0.4, 0.5) is 14.6 Å². The Hall–Kier alpha value is -4.21. The quantitative estimate of drug-likeness (QED) is 0.211. The largest absolute Gasteiger partial charge is 0.487 e. The van der Waals surface area contributed by atoms with Gasteiger partial charge >= 0.3 is 0 Å². The third-order valence-corrected chi connectivity index (χ3v) is 8.19. The normalized spacial score (nSPS) is 13.9. The van der Waals surface area contributed by atoms with Gasteiger partial charge in [0.05, 0.1) is 17.0 Å². The van der Waals surface area contributed by atoms with Gasteiger partial charge in [0, 0.05) is 16.6 Å². The monoisotopic (exact) mass is 604 g/mol. The molecule has 2 aromatic carbocycles. The fraction of sp³-hybridized carbons (Fsp3) is 0.200. The summed E-state index contributed by atoms with van der Waals surface area (Å²) in [7, 11) is 2.02. The molecule has 0 amide bonds. The number of fused-ring (bicyclic) bond motifs is 2. The Morgan fingerprint density at radius 1 is 1.14 bits per heavy atom. The lowest BCUT2D eigenvalue weighted by atomic mass is 9.97. The number of nitrogens with two attached hydrogens (primary N) is 1. The first-order valence-corrected chi connectivity index (χ1v) is 14.6. The summed E-state index contributed by atoms with van der Waals surface area (Å²) in [5.74, 6) is -0.581. The Bertz CT molecular complexity index is 2020. The van der Waals surface area contributed by atoms with Crippen molar-refractivity contribution in [3.8, 4) is 28.1 Å². The zero-order valence-corrected chi connectivity index (χ0v) is 25.0. The number of halogens is 2. The highest BCUT2D eigenvalue weighted by Crippen LogP contribution is 2.37. The van der Waals surface area contributed by atoms with Gasteiger partial charge in [-0.05, 0) is 56.2 Å². The number of pyridine rings is 1. The average molecular weight is 605 g/mol. The summed E-state index contributed by atoms with van der Waals surface area (Å²) in [5, 5.41) is 5.56. The molecule has 0 spiro atoms. The van der Waals surface area contributed by atoms with E-state index in [2.05, 4.69) is 9.97 Å². The molecule has 0 saturated carbocycles. The van der Waals surface area contributed by atoms with Crippen molar-refractivity contribution in [3.63, 3.8) is 0 Å².